The minimum absolute atomic E-state index is 0.0666. The molecule has 1 saturated heterocycles. The molecule has 0 radical (unpaired) electrons. The number of hydrazine groups is 1. The first-order valence-electron chi connectivity index (χ1n) is 15.7. The Morgan fingerprint density at radius 2 is 1.61 bits per heavy atom. The van der Waals surface area contributed by atoms with E-state index >= 15 is 0 Å². The summed E-state index contributed by atoms with van der Waals surface area (Å²) in [4.78, 5) is 41.5. The maximum atomic E-state index is 13.6. The van der Waals surface area contributed by atoms with E-state index in [2.05, 4.69) is 5.43 Å². The standard InChI is InChI=1S/C27H42N4O4.C7H8O3S/c1-19(2)17-23(22(26(33)29-35)14-9-13-21-11-7-6-8-12-21)25(32)28-31(18-20(3)4)27(34)24-15-10-16-30(24)5;1-6-2-4-7(5-3-6)11(8,9)10/h6-9,11-13,19-20,22-24,35H,10,14-18H2,1-5H3,(H,28,32)(H,29,33);2-5H,1H3,(H,8,9,10)/t22-,23+,24-;/m0./s1. The fourth-order valence-corrected chi connectivity index (χ4v) is 5.78. The molecule has 2 aromatic rings. The third kappa shape index (κ3) is 12.7. The van der Waals surface area contributed by atoms with E-state index in [1.165, 1.54) is 17.1 Å². The van der Waals surface area contributed by atoms with Crippen LogP contribution in [0.3, 0.4) is 0 Å². The molecule has 2 aromatic carbocycles. The number of nitrogens with one attached hydrogen (secondary N) is 2. The van der Waals surface area contributed by atoms with Gasteiger partial charge in [-0.25, -0.2) is 5.48 Å². The lowest BCUT2D eigenvalue weighted by atomic mass is 9.82. The van der Waals surface area contributed by atoms with E-state index in [4.69, 9.17) is 4.55 Å². The molecule has 3 rings (SSSR count). The number of allylic oxidation sites excluding steroid dienone is 1. The van der Waals surface area contributed by atoms with E-state index in [9.17, 15) is 28.0 Å². The molecule has 0 aromatic heterocycles. The van der Waals surface area contributed by atoms with Crippen molar-refractivity contribution in [2.24, 2.45) is 23.7 Å². The molecule has 0 spiro atoms. The number of likely N-dealkylation sites (tertiary alicyclic amines) is 1. The summed E-state index contributed by atoms with van der Waals surface area (Å²) in [5, 5.41) is 10.9. The van der Waals surface area contributed by atoms with Crippen LogP contribution >= 0.6 is 0 Å². The Morgan fingerprint density at radius 1 is 0.978 bits per heavy atom. The van der Waals surface area contributed by atoms with Crippen molar-refractivity contribution in [3.05, 3.63) is 71.8 Å². The van der Waals surface area contributed by atoms with Crippen LogP contribution in [0.4, 0.5) is 0 Å². The van der Waals surface area contributed by atoms with Crippen LogP contribution in [-0.2, 0) is 24.5 Å². The van der Waals surface area contributed by atoms with Gasteiger partial charge in [0.25, 0.3) is 16.0 Å². The molecule has 254 valence electrons. The van der Waals surface area contributed by atoms with Crippen molar-refractivity contribution in [2.75, 3.05) is 20.1 Å². The normalized spacial score (nSPS) is 16.5. The minimum atomic E-state index is -4.02. The van der Waals surface area contributed by atoms with E-state index in [1.807, 2.05) is 89.1 Å². The van der Waals surface area contributed by atoms with Gasteiger partial charge in [-0.2, -0.15) is 8.42 Å². The second-order valence-electron chi connectivity index (χ2n) is 12.6. The molecule has 1 heterocycles. The fraction of sp³-hybridized carbons (Fsp3) is 0.500. The zero-order valence-electron chi connectivity index (χ0n) is 27.7. The number of benzene rings is 2. The Kier molecular flexibility index (Phi) is 15.6. The lowest BCUT2D eigenvalue weighted by Gasteiger charge is -2.33. The largest absolute Gasteiger partial charge is 0.295 e. The van der Waals surface area contributed by atoms with Gasteiger partial charge in [-0.15, -0.1) is 0 Å². The van der Waals surface area contributed by atoms with Gasteiger partial charge in [0.2, 0.25) is 11.8 Å². The summed E-state index contributed by atoms with van der Waals surface area (Å²) in [5.74, 6) is -2.33. The quantitative estimate of drug-likeness (QED) is 0.145. The fourth-order valence-electron chi connectivity index (χ4n) is 5.30. The number of amides is 3. The van der Waals surface area contributed by atoms with Crippen LogP contribution in [0.5, 0.6) is 0 Å². The predicted molar refractivity (Wildman–Crippen MR) is 178 cm³/mol. The van der Waals surface area contributed by atoms with E-state index < -0.39 is 27.9 Å². The van der Waals surface area contributed by atoms with Crippen LogP contribution in [0.25, 0.3) is 6.08 Å². The third-order valence-corrected chi connectivity index (χ3v) is 8.55. The number of nitrogens with zero attached hydrogens (tertiary/aromatic N) is 2. The number of hydrogen-bond acceptors (Lipinski definition) is 7. The molecule has 0 saturated carbocycles. The molecule has 1 aliphatic heterocycles. The first-order valence-corrected chi connectivity index (χ1v) is 17.1. The lowest BCUT2D eigenvalue weighted by molar-refractivity contribution is -0.149. The molecule has 46 heavy (non-hydrogen) atoms. The lowest BCUT2D eigenvalue weighted by Crippen LogP contribution is -2.56. The maximum absolute atomic E-state index is 13.6. The van der Waals surface area contributed by atoms with Gasteiger partial charge in [-0.3, -0.25) is 39.5 Å². The monoisotopic (exact) mass is 658 g/mol. The highest BCUT2D eigenvalue weighted by Gasteiger charge is 2.37. The maximum Gasteiger partial charge on any atom is 0.294 e. The number of carbonyl (C=O) groups is 3. The summed E-state index contributed by atoms with van der Waals surface area (Å²) in [7, 11) is -2.10. The Balaban J connectivity index is 0.000000562. The number of likely N-dealkylation sites (N-methyl/N-ethyl adjacent to an activating group) is 1. The zero-order chi connectivity index (χ0) is 34.4. The van der Waals surface area contributed by atoms with Gasteiger partial charge in [0, 0.05) is 6.54 Å². The van der Waals surface area contributed by atoms with E-state index in [1.54, 1.807) is 17.6 Å². The summed E-state index contributed by atoms with van der Waals surface area (Å²) in [6, 6.07) is 15.4. The van der Waals surface area contributed by atoms with Crippen molar-refractivity contribution < 1.29 is 32.6 Å². The van der Waals surface area contributed by atoms with Crippen LogP contribution in [-0.4, -0.2) is 72.0 Å². The molecular weight excluding hydrogens is 608 g/mol. The van der Waals surface area contributed by atoms with Crippen LogP contribution in [0, 0.1) is 30.6 Å². The second-order valence-corrected chi connectivity index (χ2v) is 14.0. The van der Waals surface area contributed by atoms with Gasteiger partial charge in [-0.1, -0.05) is 87.9 Å². The molecule has 12 heteroatoms. The van der Waals surface area contributed by atoms with E-state index in [0.29, 0.717) is 13.0 Å². The molecular formula is C34H50N4O7S. The van der Waals surface area contributed by atoms with Crippen molar-refractivity contribution >= 4 is 33.9 Å². The van der Waals surface area contributed by atoms with Crippen LogP contribution < -0.4 is 10.9 Å². The SMILES string of the molecule is CC(C)C[C@@H](C(=O)NN(CC(C)C)C(=O)[C@@H]1CCCN1C)[C@H](CC=Cc1ccccc1)C(=O)NO.Cc1ccc(S(=O)(=O)O)cc1. The van der Waals surface area contributed by atoms with E-state index in [0.717, 1.165) is 30.5 Å². The third-order valence-electron chi connectivity index (χ3n) is 7.68. The Hall–Kier alpha value is -3.58. The van der Waals surface area contributed by atoms with Crippen molar-refractivity contribution in [1.82, 2.24) is 20.8 Å². The molecule has 4 N–H and O–H groups in total. The topological polar surface area (TPSA) is 156 Å². The van der Waals surface area contributed by atoms with Gasteiger partial charge >= 0.3 is 0 Å². The number of carbonyl (C=O) groups excluding carboxylic acids is 3. The highest BCUT2D eigenvalue weighted by molar-refractivity contribution is 7.85. The zero-order valence-corrected chi connectivity index (χ0v) is 28.5. The number of hydroxylamine groups is 1. The number of rotatable bonds is 12. The van der Waals surface area contributed by atoms with Gasteiger partial charge in [0.05, 0.1) is 22.8 Å². The average Bonchev–Trinajstić information content (AvgIpc) is 3.43. The first kappa shape index (κ1) is 38.6. The number of hydrogen-bond donors (Lipinski definition) is 4. The summed E-state index contributed by atoms with van der Waals surface area (Å²) in [6.07, 6.45) is 6.16. The van der Waals surface area contributed by atoms with Crippen LogP contribution in [0.2, 0.25) is 0 Å². The Labute approximate surface area is 273 Å². The molecule has 1 fully saturated rings. The highest BCUT2D eigenvalue weighted by atomic mass is 32.2. The van der Waals surface area contributed by atoms with Gasteiger partial charge in [-0.05, 0) is 75.7 Å². The van der Waals surface area contributed by atoms with Gasteiger partial charge in [0.15, 0.2) is 0 Å². The van der Waals surface area contributed by atoms with Crippen LogP contribution in [0.1, 0.15) is 64.5 Å². The minimum Gasteiger partial charge on any atom is -0.295 e. The van der Waals surface area contributed by atoms with Gasteiger partial charge in [0.1, 0.15) is 0 Å². The Morgan fingerprint density at radius 3 is 2.11 bits per heavy atom. The highest BCUT2D eigenvalue weighted by Crippen LogP contribution is 2.26. The average molecular weight is 659 g/mol. The van der Waals surface area contributed by atoms with E-state index in [-0.39, 0.29) is 41.0 Å². The molecule has 11 nitrogen and oxygen atoms in total. The van der Waals surface area contributed by atoms with Crippen molar-refractivity contribution in [1.29, 1.82) is 0 Å². The summed E-state index contributed by atoms with van der Waals surface area (Å²) >= 11 is 0. The Bertz CT molecular complexity index is 1400. The number of aryl methyl sites for hydroxylation is 1. The van der Waals surface area contributed by atoms with Crippen molar-refractivity contribution in [3.63, 3.8) is 0 Å². The smallest absolute Gasteiger partial charge is 0.294 e. The van der Waals surface area contributed by atoms with Gasteiger partial charge < -0.3 is 0 Å². The summed E-state index contributed by atoms with van der Waals surface area (Å²) < 4.78 is 29.6. The molecule has 1 aliphatic rings. The molecule has 0 bridgehead atoms. The van der Waals surface area contributed by atoms with Crippen LogP contribution in [0.15, 0.2) is 65.6 Å². The molecule has 3 amide bonds. The summed E-state index contributed by atoms with van der Waals surface area (Å²) in [6.45, 7) is 11.0. The van der Waals surface area contributed by atoms with Crippen molar-refractivity contribution in [3.8, 4) is 0 Å². The molecule has 0 unspecified atom stereocenters. The van der Waals surface area contributed by atoms with Crippen molar-refractivity contribution in [2.45, 2.75) is 71.2 Å². The molecule has 3 atom stereocenters. The second kappa shape index (κ2) is 18.5. The molecule has 0 aliphatic carbocycles. The summed E-state index contributed by atoms with van der Waals surface area (Å²) in [5.41, 5.74) is 6.53. The first-order chi connectivity index (χ1) is 21.6. The predicted octanol–water partition coefficient (Wildman–Crippen LogP) is 4.73.